The van der Waals surface area contributed by atoms with Crippen molar-refractivity contribution in [3.05, 3.63) is 65.9 Å². The lowest BCUT2D eigenvalue weighted by atomic mass is 10.2. The van der Waals surface area contributed by atoms with Crippen molar-refractivity contribution < 1.29 is 13.2 Å². The van der Waals surface area contributed by atoms with Crippen LogP contribution < -0.4 is 5.32 Å². The number of para-hydroxylation sites is 1. The predicted molar refractivity (Wildman–Crippen MR) is 106 cm³/mol. The van der Waals surface area contributed by atoms with Crippen molar-refractivity contribution in [1.29, 1.82) is 0 Å². The van der Waals surface area contributed by atoms with E-state index in [-0.39, 0.29) is 10.8 Å². The van der Waals surface area contributed by atoms with Gasteiger partial charge in [-0.05, 0) is 29.8 Å². The molecule has 0 aliphatic carbocycles. The molecule has 0 saturated carbocycles. The Morgan fingerprint density at radius 1 is 1.04 bits per heavy atom. The molecule has 0 saturated heterocycles. The lowest BCUT2D eigenvalue weighted by Gasteiger charge is -2.18. The first-order valence-electron chi connectivity index (χ1n) is 8.90. The van der Waals surface area contributed by atoms with Crippen LogP contribution in [0, 0.1) is 0 Å². The molecule has 0 fully saturated rings. The maximum absolute atomic E-state index is 12.5. The lowest BCUT2D eigenvalue weighted by Crippen LogP contribution is -2.30. The van der Waals surface area contributed by atoms with Crippen LogP contribution in [0.5, 0.6) is 0 Å². The average Bonchev–Trinajstić information content (AvgIpc) is 3.11. The number of carbonyl (C=O) groups is 1. The van der Waals surface area contributed by atoms with Gasteiger partial charge in [-0.1, -0.05) is 44.2 Å². The van der Waals surface area contributed by atoms with E-state index in [2.05, 4.69) is 10.3 Å². The molecule has 0 unspecified atom stereocenters. The number of benzene rings is 2. The Morgan fingerprint density at radius 2 is 1.70 bits per heavy atom. The van der Waals surface area contributed by atoms with Gasteiger partial charge < -0.3 is 10.3 Å². The largest absolute Gasteiger partial charge is 0.351 e. The number of aromatic amines is 1. The third kappa shape index (κ3) is 4.04. The van der Waals surface area contributed by atoms with Gasteiger partial charge in [0.25, 0.3) is 5.91 Å². The van der Waals surface area contributed by atoms with Gasteiger partial charge in [-0.25, -0.2) is 8.42 Å². The molecule has 1 heterocycles. The van der Waals surface area contributed by atoms with Gasteiger partial charge in [0.2, 0.25) is 10.0 Å². The first kappa shape index (κ1) is 19.1. The summed E-state index contributed by atoms with van der Waals surface area (Å²) in [6.45, 7) is 4.81. The van der Waals surface area contributed by atoms with Crippen LogP contribution >= 0.6 is 0 Å². The summed E-state index contributed by atoms with van der Waals surface area (Å²) < 4.78 is 26.4. The van der Waals surface area contributed by atoms with Gasteiger partial charge in [-0.3, -0.25) is 4.79 Å². The summed E-state index contributed by atoms with van der Waals surface area (Å²) in [6.07, 6.45) is 0. The molecular weight excluding hydrogens is 362 g/mol. The fourth-order valence-electron chi connectivity index (χ4n) is 2.97. The van der Waals surface area contributed by atoms with Crippen LogP contribution in [0.15, 0.2) is 59.5 Å². The molecule has 27 heavy (non-hydrogen) atoms. The summed E-state index contributed by atoms with van der Waals surface area (Å²) >= 11 is 0. The molecule has 142 valence electrons. The Balaban J connectivity index is 1.67. The quantitative estimate of drug-likeness (QED) is 0.655. The maximum atomic E-state index is 12.5. The van der Waals surface area contributed by atoms with E-state index in [1.807, 2.05) is 44.2 Å². The molecule has 2 aromatic carbocycles. The van der Waals surface area contributed by atoms with Crippen LogP contribution in [0.3, 0.4) is 0 Å². The molecule has 7 heteroatoms. The molecule has 3 rings (SSSR count). The van der Waals surface area contributed by atoms with E-state index in [9.17, 15) is 13.2 Å². The smallest absolute Gasteiger partial charge is 0.267 e. The van der Waals surface area contributed by atoms with Gasteiger partial charge in [-0.15, -0.1) is 0 Å². The van der Waals surface area contributed by atoms with Crippen molar-refractivity contribution in [2.75, 3.05) is 13.1 Å². The molecule has 0 spiro atoms. The Kier molecular flexibility index (Phi) is 5.62. The van der Waals surface area contributed by atoms with E-state index in [0.717, 1.165) is 16.5 Å². The molecule has 0 aliphatic heterocycles. The third-order valence-electron chi connectivity index (χ3n) is 4.49. The van der Waals surface area contributed by atoms with E-state index < -0.39 is 10.0 Å². The van der Waals surface area contributed by atoms with Gasteiger partial charge in [0.1, 0.15) is 5.69 Å². The van der Waals surface area contributed by atoms with Gasteiger partial charge in [0, 0.05) is 30.5 Å². The molecule has 0 radical (unpaired) electrons. The molecule has 0 aliphatic rings. The second kappa shape index (κ2) is 7.94. The van der Waals surface area contributed by atoms with Gasteiger partial charge in [-0.2, -0.15) is 4.31 Å². The summed E-state index contributed by atoms with van der Waals surface area (Å²) in [6, 6.07) is 16.1. The Hall–Kier alpha value is -2.64. The average molecular weight is 385 g/mol. The zero-order valence-electron chi connectivity index (χ0n) is 15.4. The Morgan fingerprint density at radius 3 is 2.33 bits per heavy atom. The van der Waals surface area contributed by atoms with Crippen molar-refractivity contribution in [3.8, 4) is 0 Å². The predicted octanol–water partition coefficient (Wildman–Crippen LogP) is 3.13. The van der Waals surface area contributed by atoms with Crippen molar-refractivity contribution in [1.82, 2.24) is 14.6 Å². The van der Waals surface area contributed by atoms with Crippen LogP contribution in [0.25, 0.3) is 10.9 Å². The second-order valence-corrected chi connectivity index (χ2v) is 8.12. The highest BCUT2D eigenvalue weighted by Crippen LogP contribution is 2.17. The summed E-state index contributed by atoms with van der Waals surface area (Å²) in [7, 11) is -3.47. The molecule has 0 atom stereocenters. The number of fused-ring (bicyclic) bond motifs is 1. The van der Waals surface area contributed by atoms with Gasteiger partial charge >= 0.3 is 0 Å². The van der Waals surface area contributed by atoms with E-state index in [1.165, 1.54) is 4.31 Å². The number of hydrogen-bond donors (Lipinski definition) is 2. The lowest BCUT2D eigenvalue weighted by molar-refractivity contribution is 0.0946. The minimum atomic E-state index is -3.47. The second-order valence-electron chi connectivity index (χ2n) is 6.19. The number of amides is 1. The van der Waals surface area contributed by atoms with Gasteiger partial charge in [0.15, 0.2) is 0 Å². The Bertz CT molecular complexity index is 1000. The van der Waals surface area contributed by atoms with Crippen molar-refractivity contribution >= 4 is 26.8 Å². The minimum absolute atomic E-state index is 0.203. The monoisotopic (exact) mass is 385 g/mol. The molecule has 1 amide bonds. The highest BCUT2D eigenvalue weighted by molar-refractivity contribution is 7.89. The fraction of sp³-hybridized carbons (Fsp3) is 0.250. The number of carbonyl (C=O) groups excluding carboxylic acids is 1. The van der Waals surface area contributed by atoms with E-state index in [0.29, 0.717) is 25.3 Å². The van der Waals surface area contributed by atoms with Crippen LogP contribution in [-0.4, -0.2) is 36.7 Å². The summed E-state index contributed by atoms with van der Waals surface area (Å²) in [5.74, 6) is -0.203. The number of hydrogen-bond acceptors (Lipinski definition) is 3. The zero-order valence-corrected chi connectivity index (χ0v) is 16.2. The minimum Gasteiger partial charge on any atom is -0.351 e. The van der Waals surface area contributed by atoms with Crippen LogP contribution in [0.1, 0.15) is 29.9 Å². The summed E-state index contributed by atoms with van der Waals surface area (Å²) in [4.78, 5) is 15.7. The van der Waals surface area contributed by atoms with Gasteiger partial charge in [0.05, 0.1) is 4.90 Å². The molecule has 2 N–H and O–H groups in total. The van der Waals surface area contributed by atoms with E-state index in [1.54, 1.807) is 24.3 Å². The number of rotatable bonds is 7. The van der Waals surface area contributed by atoms with E-state index >= 15 is 0 Å². The van der Waals surface area contributed by atoms with Crippen molar-refractivity contribution in [2.24, 2.45) is 0 Å². The standard InChI is InChI=1S/C20H23N3O3S/c1-3-23(4-2)27(25,26)17-11-9-15(10-12-17)14-21-20(24)19-13-16-7-5-6-8-18(16)22-19/h5-13,22H,3-4,14H2,1-2H3,(H,21,24). The molecule has 6 nitrogen and oxygen atoms in total. The highest BCUT2D eigenvalue weighted by Gasteiger charge is 2.21. The van der Waals surface area contributed by atoms with Crippen molar-refractivity contribution in [2.45, 2.75) is 25.3 Å². The van der Waals surface area contributed by atoms with Crippen molar-refractivity contribution in [3.63, 3.8) is 0 Å². The first-order valence-corrected chi connectivity index (χ1v) is 10.3. The number of nitrogens with zero attached hydrogens (tertiary/aromatic N) is 1. The summed E-state index contributed by atoms with van der Waals surface area (Å²) in [5.41, 5.74) is 2.24. The van der Waals surface area contributed by atoms with E-state index in [4.69, 9.17) is 0 Å². The fourth-order valence-corrected chi connectivity index (χ4v) is 4.42. The molecule has 3 aromatic rings. The van der Waals surface area contributed by atoms with Crippen LogP contribution in [0.4, 0.5) is 0 Å². The normalized spacial score (nSPS) is 11.8. The number of nitrogens with one attached hydrogen (secondary N) is 2. The zero-order chi connectivity index (χ0) is 19.4. The topological polar surface area (TPSA) is 82.3 Å². The molecular formula is C20H23N3O3S. The molecule has 0 bridgehead atoms. The maximum Gasteiger partial charge on any atom is 0.267 e. The Labute approximate surface area is 159 Å². The highest BCUT2D eigenvalue weighted by atomic mass is 32.2. The third-order valence-corrected chi connectivity index (χ3v) is 6.56. The number of aromatic nitrogens is 1. The summed E-state index contributed by atoms with van der Waals surface area (Å²) in [5, 5.41) is 3.83. The first-order chi connectivity index (χ1) is 13.0. The SMILES string of the molecule is CCN(CC)S(=O)(=O)c1ccc(CNC(=O)c2cc3ccccc3[nH]2)cc1. The number of sulfonamides is 1. The number of H-pyrrole nitrogens is 1. The molecule has 1 aromatic heterocycles. The van der Waals surface area contributed by atoms with Crippen LogP contribution in [-0.2, 0) is 16.6 Å². The van der Waals surface area contributed by atoms with Crippen LogP contribution in [0.2, 0.25) is 0 Å².